The van der Waals surface area contributed by atoms with E-state index in [1.165, 1.54) is 0 Å². The third-order valence-corrected chi connectivity index (χ3v) is 12.6. The molecule has 2 spiro atoms. The van der Waals surface area contributed by atoms with Crippen LogP contribution >= 0.6 is 0 Å². The molecule has 0 aromatic carbocycles. The Morgan fingerprint density at radius 3 is 1.31 bits per heavy atom. The highest BCUT2D eigenvalue weighted by atomic mass is 16.4. The number of carbonyl (C=O) groups is 6. The van der Waals surface area contributed by atoms with Crippen molar-refractivity contribution in [3.63, 3.8) is 0 Å². The summed E-state index contributed by atoms with van der Waals surface area (Å²) >= 11 is 0. The molecule has 52 heavy (non-hydrogen) atoms. The van der Waals surface area contributed by atoms with Crippen LogP contribution in [0.4, 0.5) is 9.59 Å². The quantitative estimate of drug-likeness (QED) is 0.172. The van der Waals surface area contributed by atoms with Gasteiger partial charge in [-0.1, -0.05) is 0 Å². The molecule has 294 valence electrons. The molecule has 0 aromatic rings. The molecule has 0 radical (unpaired) electrons. The number of carboxylic acids is 2. The zero-order valence-electron chi connectivity index (χ0n) is 32.4. The molecule has 2 atom stereocenters. The first kappa shape index (κ1) is 41.4. The van der Waals surface area contributed by atoms with Crippen molar-refractivity contribution in [1.82, 2.24) is 30.2 Å². The third-order valence-electron chi connectivity index (χ3n) is 12.6. The summed E-state index contributed by atoms with van der Waals surface area (Å²) in [4.78, 5) is 84.5. The van der Waals surface area contributed by atoms with E-state index < -0.39 is 119 Å². The molecule has 0 aliphatic carbocycles. The van der Waals surface area contributed by atoms with Crippen LogP contribution in [0.15, 0.2) is 0 Å². The lowest BCUT2D eigenvalue weighted by molar-refractivity contribution is -0.323. The largest absolute Gasteiger partial charge is 0.550 e. The summed E-state index contributed by atoms with van der Waals surface area (Å²) in [6.07, 6.45) is -4.41. The van der Waals surface area contributed by atoms with Gasteiger partial charge in [0.2, 0.25) is 0 Å². The minimum absolute atomic E-state index is 0.219. The Kier molecular flexibility index (Phi) is 10.8. The van der Waals surface area contributed by atoms with E-state index in [0.29, 0.717) is 25.7 Å². The van der Waals surface area contributed by atoms with Gasteiger partial charge in [0.25, 0.3) is 11.8 Å². The van der Waals surface area contributed by atoms with Crippen molar-refractivity contribution in [2.75, 3.05) is 27.2 Å². The van der Waals surface area contributed by atoms with E-state index >= 15 is 0 Å². The van der Waals surface area contributed by atoms with E-state index in [0.717, 1.165) is 9.80 Å². The molecular formula is C36H58N6O10-2. The number of nitrogens with one attached hydrogen (secondary N) is 2. The van der Waals surface area contributed by atoms with E-state index in [1.807, 2.05) is 69.5 Å². The van der Waals surface area contributed by atoms with Gasteiger partial charge in [-0.3, -0.25) is 29.2 Å². The molecule has 4 aliphatic heterocycles. The number of amides is 6. The van der Waals surface area contributed by atoms with Crippen LogP contribution in [0.2, 0.25) is 0 Å². The highest BCUT2D eigenvalue weighted by Gasteiger charge is 2.62. The third kappa shape index (κ3) is 7.53. The normalized spacial score (nSPS) is 27.0. The summed E-state index contributed by atoms with van der Waals surface area (Å²) < 4.78 is 0. The minimum atomic E-state index is -2.07. The number of hydrogen-bond donors (Lipinski definition) is 4. The lowest BCUT2D eigenvalue weighted by atomic mass is 9.69. The molecule has 4 saturated heterocycles. The number of likely N-dealkylation sites (tertiary alicyclic amines) is 2. The number of carbonyl (C=O) groups excluding carboxylic acids is 6. The second kappa shape index (κ2) is 13.5. The zero-order chi connectivity index (χ0) is 39.6. The molecule has 4 N–H and O–H groups in total. The van der Waals surface area contributed by atoms with E-state index in [2.05, 4.69) is 20.4 Å². The number of hydrogen-bond acceptors (Lipinski definition) is 12. The van der Waals surface area contributed by atoms with Crippen LogP contribution in [0.1, 0.15) is 113 Å². The number of carboxylic acid groups (broad SMARTS) is 2. The maximum atomic E-state index is 13.9. The van der Waals surface area contributed by atoms with Crippen LogP contribution < -0.4 is 20.8 Å². The van der Waals surface area contributed by atoms with Crippen molar-refractivity contribution in [2.24, 2.45) is 5.41 Å². The summed E-state index contributed by atoms with van der Waals surface area (Å²) in [6.45, 7) is 14.6. The second-order valence-corrected chi connectivity index (χ2v) is 18.4. The SMILES string of the molecule is CN1C(C)(C)CC2(CC1(C)C)NC(=O)N(CC(O)CC(CCCC(=O)[O-])(CC(O)CN1C(=O)NC3(CC(C)(C)N(C)C(C)(C)C3)C1=O)C(=O)[O-])C2=O. The number of aliphatic hydroxyl groups excluding tert-OH is 2. The molecular weight excluding hydrogens is 676 g/mol. The first-order valence-corrected chi connectivity index (χ1v) is 18.1. The van der Waals surface area contributed by atoms with E-state index in [-0.39, 0.29) is 12.8 Å². The van der Waals surface area contributed by atoms with E-state index in [1.54, 1.807) is 0 Å². The molecule has 16 heteroatoms. The highest BCUT2D eigenvalue weighted by Crippen LogP contribution is 2.47. The Morgan fingerprint density at radius 2 is 1.02 bits per heavy atom. The van der Waals surface area contributed by atoms with Crippen LogP contribution in [-0.2, 0) is 19.2 Å². The minimum Gasteiger partial charge on any atom is -0.550 e. The molecule has 6 amide bonds. The van der Waals surface area contributed by atoms with Gasteiger partial charge in [0, 0.05) is 39.5 Å². The predicted molar refractivity (Wildman–Crippen MR) is 184 cm³/mol. The van der Waals surface area contributed by atoms with Crippen molar-refractivity contribution in [1.29, 1.82) is 0 Å². The van der Waals surface area contributed by atoms with E-state index in [9.17, 15) is 49.2 Å². The number of imide groups is 2. The van der Waals surface area contributed by atoms with E-state index in [4.69, 9.17) is 0 Å². The zero-order valence-corrected chi connectivity index (χ0v) is 32.4. The maximum absolute atomic E-state index is 13.9. The van der Waals surface area contributed by atoms with Crippen molar-refractivity contribution in [2.45, 2.75) is 159 Å². The Bertz CT molecular complexity index is 1370. The van der Waals surface area contributed by atoms with Gasteiger partial charge in [-0.2, -0.15) is 0 Å². The van der Waals surface area contributed by atoms with Crippen LogP contribution in [0.25, 0.3) is 0 Å². The van der Waals surface area contributed by atoms with Crippen molar-refractivity contribution < 1.29 is 49.2 Å². The van der Waals surface area contributed by atoms with Crippen LogP contribution in [-0.4, -0.2) is 138 Å². The van der Waals surface area contributed by atoms with Gasteiger partial charge in [-0.05, 0) is 127 Å². The summed E-state index contributed by atoms with van der Waals surface area (Å²) in [6, 6.07) is -1.46. The molecule has 4 fully saturated rings. The number of β-amino-alcohol motifs (C(OH)–C–C–N with tert-alkyl or cyclic N) is 2. The summed E-state index contributed by atoms with van der Waals surface area (Å²) in [7, 11) is 3.90. The standard InChI is InChI=1S/C36H60N6O10/c1-30(2)18-35(19-31(3,4)39(30)9)25(47)41(28(51)37-35)16-22(43)14-34(27(49)50,13-11-12-24(45)46)15-23(44)17-42-26(48)36(38-29(42)52)20-32(5,6)40(10)33(7,8)21-36/h22-23,43-44H,11-21H2,1-10H3,(H,37,51)(H,38,52)(H,45,46)(H,49,50)/p-2. The van der Waals surface area contributed by atoms with Gasteiger partial charge in [-0.15, -0.1) is 0 Å². The Balaban J connectivity index is 1.54. The monoisotopic (exact) mass is 734 g/mol. The maximum Gasteiger partial charge on any atom is 0.325 e. The Labute approximate surface area is 306 Å². The number of urea groups is 2. The first-order valence-electron chi connectivity index (χ1n) is 18.1. The summed E-state index contributed by atoms with van der Waals surface area (Å²) in [5.41, 5.74) is -6.48. The van der Waals surface area contributed by atoms with Gasteiger partial charge in [0.05, 0.1) is 25.3 Å². The number of piperidine rings is 2. The highest BCUT2D eigenvalue weighted by molar-refractivity contribution is 6.08. The van der Waals surface area contributed by atoms with Gasteiger partial charge in [-0.25, -0.2) is 9.59 Å². The van der Waals surface area contributed by atoms with Crippen molar-refractivity contribution in [3.8, 4) is 0 Å². The average molecular weight is 735 g/mol. The molecule has 0 saturated carbocycles. The van der Waals surface area contributed by atoms with Gasteiger partial charge >= 0.3 is 12.1 Å². The van der Waals surface area contributed by atoms with Crippen LogP contribution in [0, 0.1) is 5.41 Å². The second-order valence-electron chi connectivity index (χ2n) is 18.4. The number of aliphatic hydroxyl groups is 2. The first-order chi connectivity index (χ1) is 23.6. The molecule has 16 nitrogen and oxygen atoms in total. The number of rotatable bonds is 13. The smallest absolute Gasteiger partial charge is 0.325 e. The molecule has 4 aliphatic rings. The fourth-order valence-corrected chi connectivity index (χ4v) is 9.94. The topological polar surface area (TPSA) is 226 Å². The predicted octanol–water partition coefficient (Wildman–Crippen LogP) is -0.708. The van der Waals surface area contributed by atoms with Crippen molar-refractivity contribution >= 4 is 35.8 Å². The van der Waals surface area contributed by atoms with Gasteiger partial charge < -0.3 is 40.6 Å². The van der Waals surface area contributed by atoms with Gasteiger partial charge in [0.1, 0.15) is 11.1 Å². The molecule has 4 rings (SSSR count). The Hall–Kier alpha value is -3.34. The fourth-order valence-electron chi connectivity index (χ4n) is 9.94. The molecule has 0 aromatic heterocycles. The number of aliphatic carboxylic acids is 2. The van der Waals surface area contributed by atoms with Crippen molar-refractivity contribution in [3.05, 3.63) is 0 Å². The van der Waals surface area contributed by atoms with Gasteiger partial charge in [0.15, 0.2) is 0 Å². The van der Waals surface area contributed by atoms with Crippen LogP contribution in [0.3, 0.4) is 0 Å². The Morgan fingerprint density at radius 1 is 0.692 bits per heavy atom. The average Bonchev–Trinajstić information content (AvgIpc) is 3.31. The fraction of sp³-hybridized carbons (Fsp3) is 0.833. The lowest BCUT2D eigenvalue weighted by Crippen LogP contribution is -2.68. The summed E-state index contributed by atoms with van der Waals surface area (Å²) in [5, 5.41) is 52.5. The lowest BCUT2D eigenvalue weighted by Gasteiger charge is -2.56. The molecule has 4 heterocycles. The molecule has 2 unspecified atom stereocenters. The van der Waals surface area contributed by atoms with Crippen LogP contribution in [0.5, 0.6) is 0 Å². The number of nitrogens with zero attached hydrogens (tertiary/aromatic N) is 4. The summed E-state index contributed by atoms with van der Waals surface area (Å²) in [5.74, 6) is -4.23. The molecule has 0 bridgehead atoms.